The molecule has 0 radical (unpaired) electrons. The smallest absolute Gasteiger partial charge is 1.00 e. The third-order valence-electron chi connectivity index (χ3n) is 3.76. The largest absolute Gasteiger partial charge is 2.00 e. The van der Waals surface area contributed by atoms with E-state index in [1.807, 2.05) is 0 Å². The third-order valence-corrected chi connectivity index (χ3v) is 3.76. The first-order chi connectivity index (χ1) is 15.0. The zero-order valence-electron chi connectivity index (χ0n) is 21.7. The van der Waals surface area contributed by atoms with E-state index in [0.717, 1.165) is 0 Å². The first kappa shape index (κ1) is 37.8. The summed E-state index contributed by atoms with van der Waals surface area (Å²) in [7, 11) is 0. The standard InChI is InChI=1S/C16H18O17.2Ca.4H/c17-6(12(27)33-16(14(30)31,4-9(22)23)5-10(24)25)1-11(26)32-15(13(28)29,2-7(18)19)3-8(20)21;;;;;;/h6,17H,1-5H2,(H,18,19)(H,20,21)(H,22,23)(H,24,25)(H,28,29)(H,30,31);;;;;;/q;2*+2;4*-1. The molecule has 0 amide bonds. The first-order valence-electron chi connectivity index (χ1n) is 8.43. The van der Waals surface area contributed by atoms with E-state index in [9.17, 15) is 43.5 Å². The van der Waals surface area contributed by atoms with Crippen LogP contribution in [0, 0.1) is 0 Å². The molecule has 0 aromatic heterocycles. The number of ether oxygens (including phenoxy) is 2. The fraction of sp³-hybridized carbons (Fsp3) is 0.500. The van der Waals surface area contributed by atoms with Gasteiger partial charge in [-0.05, 0) is 0 Å². The van der Waals surface area contributed by atoms with Gasteiger partial charge in [0.1, 0.15) is 0 Å². The van der Waals surface area contributed by atoms with Crippen molar-refractivity contribution in [1.82, 2.24) is 0 Å². The molecule has 0 aromatic carbocycles. The van der Waals surface area contributed by atoms with Gasteiger partial charge in [-0.25, -0.2) is 14.4 Å². The summed E-state index contributed by atoms with van der Waals surface area (Å²) in [5.74, 6) is -15.9. The number of aliphatic carboxylic acids is 6. The summed E-state index contributed by atoms with van der Waals surface area (Å²) in [4.78, 5) is 90.3. The summed E-state index contributed by atoms with van der Waals surface area (Å²) in [6.45, 7) is 0. The predicted octanol–water partition coefficient (Wildman–Crippen LogP) is -2.94. The molecule has 0 rings (SSSR count). The van der Waals surface area contributed by atoms with E-state index in [0.29, 0.717) is 0 Å². The van der Waals surface area contributed by atoms with Crippen LogP contribution in [-0.2, 0) is 47.8 Å². The van der Waals surface area contributed by atoms with Crippen molar-refractivity contribution in [3.63, 3.8) is 0 Å². The first-order valence-corrected chi connectivity index (χ1v) is 8.43. The summed E-state index contributed by atoms with van der Waals surface area (Å²) in [5, 5.41) is 63.3. The van der Waals surface area contributed by atoms with Crippen LogP contribution >= 0.6 is 0 Å². The molecule has 0 bridgehead atoms. The van der Waals surface area contributed by atoms with E-state index in [1.165, 1.54) is 0 Å². The molecule has 0 fully saturated rings. The molecule has 192 valence electrons. The van der Waals surface area contributed by atoms with Crippen molar-refractivity contribution < 1.29 is 89.3 Å². The monoisotopic (exact) mass is 566 g/mol. The fourth-order valence-corrected chi connectivity index (χ4v) is 2.40. The fourth-order valence-electron chi connectivity index (χ4n) is 2.40. The molecule has 0 aromatic rings. The van der Waals surface area contributed by atoms with Gasteiger partial charge in [0.15, 0.2) is 6.10 Å². The van der Waals surface area contributed by atoms with Crippen LogP contribution in [0.2, 0.25) is 0 Å². The molecule has 0 aliphatic rings. The van der Waals surface area contributed by atoms with Crippen LogP contribution < -0.4 is 0 Å². The number of carbonyl (C=O) groups is 8. The molecule has 1 unspecified atom stereocenters. The Morgan fingerprint density at radius 3 is 1.14 bits per heavy atom. The van der Waals surface area contributed by atoms with E-state index in [1.54, 1.807) is 0 Å². The molecule has 19 heteroatoms. The van der Waals surface area contributed by atoms with Crippen LogP contribution in [0.25, 0.3) is 0 Å². The van der Waals surface area contributed by atoms with Crippen LogP contribution in [0.5, 0.6) is 0 Å². The van der Waals surface area contributed by atoms with Crippen molar-refractivity contribution in [2.75, 3.05) is 0 Å². The average molecular weight is 566 g/mol. The maximum absolute atomic E-state index is 12.0. The summed E-state index contributed by atoms with van der Waals surface area (Å²) >= 11 is 0. The van der Waals surface area contributed by atoms with Crippen LogP contribution in [0.1, 0.15) is 37.8 Å². The normalized spacial score (nSPS) is 11.5. The quantitative estimate of drug-likeness (QED) is 0.0770. The van der Waals surface area contributed by atoms with Crippen molar-refractivity contribution in [2.45, 2.75) is 49.4 Å². The Morgan fingerprint density at radius 1 is 0.600 bits per heavy atom. The van der Waals surface area contributed by atoms with Gasteiger partial charge in [0.2, 0.25) is 11.2 Å². The molecule has 0 spiro atoms. The Labute approximate surface area is 259 Å². The van der Waals surface area contributed by atoms with Gasteiger partial charge >= 0.3 is 123 Å². The van der Waals surface area contributed by atoms with E-state index < -0.39 is 97.2 Å². The number of carbonyl (C=O) groups excluding carboxylic acids is 2. The van der Waals surface area contributed by atoms with Gasteiger partial charge in [0, 0.05) is 0 Å². The number of rotatable bonds is 15. The van der Waals surface area contributed by atoms with Crippen LogP contribution in [0.15, 0.2) is 0 Å². The van der Waals surface area contributed by atoms with E-state index in [2.05, 4.69) is 9.47 Å². The summed E-state index contributed by atoms with van der Waals surface area (Å²) in [5.41, 5.74) is -6.34. The zero-order chi connectivity index (χ0) is 26.1. The topological polar surface area (TPSA) is 297 Å². The van der Waals surface area contributed by atoms with Gasteiger partial charge in [0.05, 0.1) is 32.1 Å². The van der Waals surface area contributed by atoms with Crippen molar-refractivity contribution in [3.8, 4) is 0 Å². The number of hydrogen-bond donors (Lipinski definition) is 7. The molecular weight excluding hydrogens is 544 g/mol. The van der Waals surface area contributed by atoms with Crippen LogP contribution in [0.3, 0.4) is 0 Å². The number of aliphatic hydroxyl groups is 1. The zero-order valence-corrected chi connectivity index (χ0v) is 22.2. The van der Waals surface area contributed by atoms with Crippen molar-refractivity contribution in [2.24, 2.45) is 0 Å². The van der Waals surface area contributed by atoms with E-state index >= 15 is 0 Å². The average Bonchev–Trinajstić information content (AvgIpc) is 2.58. The second-order valence-electron chi connectivity index (χ2n) is 6.50. The summed E-state index contributed by atoms with van der Waals surface area (Å²) in [6, 6.07) is 0. The molecule has 0 aliphatic heterocycles. The summed E-state index contributed by atoms with van der Waals surface area (Å²) in [6.07, 6.45) is -10.4. The molecule has 0 saturated heterocycles. The molecule has 0 aliphatic carbocycles. The van der Waals surface area contributed by atoms with Gasteiger partial charge in [0.25, 0.3) is 0 Å². The Bertz CT molecular complexity index is 853. The SMILES string of the molecule is O=C(O)CC(CC(=O)O)(OC(=O)CC(O)C(=O)OC(CC(=O)O)(CC(=O)O)C(=O)O)C(=O)O.[Ca+2].[Ca+2].[H-].[H-].[H-].[H-]. The third kappa shape index (κ3) is 12.7. The minimum absolute atomic E-state index is 0. The van der Waals surface area contributed by atoms with Crippen LogP contribution in [0.4, 0.5) is 0 Å². The van der Waals surface area contributed by atoms with Gasteiger partial charge in [-0.15, -0.1) is 0 Å². The molecule has 7 N–H and O–H groups in total. The number of carboxylic acids is 6. The molecule has 1 atom stereocenters. The Kier molecular flexibility index (Phi) is 17.4. The maximum atomic E-state index is 12.0. The Hall–Kier alpha value is -1.76. The van der Waals surface area contributed by atoms with E-state index in [4.69, 9.17) is 30.6 Å². The number of aliphatic hydroxyl groups excluding tert-OH is 1. The van der Waals surface area contributed by atoms with Crippen LogP contribution in [-0.4, -0.2) is 176 Å². The molecular formula is C16H22Ca2O17. The van der Waals surface area contributed by atoms with Gasteiger partial charge in [-0.2, -0.15) is 0 Å². The Morgan fingerprint density at radius 2 is 0.886 bits per heavy atom. The number of esters is 2. The van der Waals surface area contributed by atoms with Crippen molar-refractivity contribution in [1.29, 1.82) is 0 Å². The van der Waals surface area contributed by atoms with Gasteiger partial charge < -0.3 is 50.9 Å². The Balaban J connectivity index is -0.000000341. The van der Waals surface area contributed by atoms with Crippen molar-refractivity contribution in [3.05, 3.63) is 0 Å². The second kappa shape index (κ2) is 16.1. The number of carboxylic acid groups (broad SMARTS) is 6. The molecule has 0 saturated carbocycles. The van der Waals surface area contributed by atoms with Gasteiger partial charge in [-0.1, -0.05) is 0 Å². The molecule has 17 nitrogen and oxygen atoms in total. The van der Waals surface area contributed by atoms with Crippen molar-refractivity contribution >= 4 is 123 Å². The minimum atomic E-state index is -3.20. The maximum Gasteiger partial charge on any atom is 2.00 e. The molecule has 0 heterocycles. The minimum Gasteiger partial charge on any atom is -1.00 e. The van der Waals surface area contributed by atoms with E-state index in [-0.39, 0.29) is 81.2 Å². The molecule has 35 heavy (non-hydrogen) atoms. The summed E-state index contributed by atoms with van der Waals surface area (Å²) < 4.78 is 8.70. The van der Waals surface area contributed by atoms with Gasteiger partial charge in [-0.3, -0.25) is 24.0 Å². The predicted molar refractivity (Wildman–Crippen MR) is 109 cm³/mol. The second-order valence-corrected chi connectivity index (χ2v) is 6.50. The number of hydrogen-bond acceptors (Lipinski definition) is 11.